The molecule has 2 aromatic carbocycles. The summed E-state index contributed by atoms with van der Waals surface area (Å²) >= 11 is 0. The Labute approximate surface area is 319 Å². The maximum atomic E-state index is 14.6. The molecule has 4 unspecified atom stereocenters. The molecule has 2 aromatic rings. The van der Waals surface area contributed by atoms with E-state index >= 15 is 0 Å². The summed E-state index contributed by atoms with van der Waals surface area (Å²) in [5.74, 6) is 2.76. The van der Waals surface area contributed by atoms with Crippen LogP contribution in [0.15, 0.2) is 60.7 Å². The molecule has 5 aliphatic carbocycles. The first-order chi connectivity index (χ1) is 25.1. The van der Waals surface area contributed by atoms with Crippen LogP contribution in [0.5, 0.6) is 5.75 Å². The summed E-state index contributed by atoms with van der Waals surface area (Å²) < 4.78 is 0. The lowest BCUT2D eigenvalue weighted by Gasteiger charge is -2.72. The molecule has 0 aromatic heterocycles. The van der Waals surface area contributed by atoms with Crippen LogP contribution in [-0.4, -0.2) is 41.2 Å². The first-order valence-electron chi connectivity index (χ1n) is 20.8. The van der Waals surface area contributed by atoms with Crippen molar-refractivity contribution in [2.45, 2.75) is 125 Å². The van der Waals surface area contributed by atoms with Gasteiger partial charge in [0.05, 0.1) is 11.5 Å². The summed E-state index contributed by atoms with van der Waals surface area (Å²) in [6.07, 6.45) is 12.1. The normalized spacial score (nSPS) is 38.4. The van der Waals surface area contributed by atoms with Crippen molar-refractivity contribution in [3.05, 3.63) is 77.4 Å². The fourth-order valence-electron chi connectivity index (χ4n) is 14.0. The Morgan fingerprint density at radius 2 is 1.49 bits per heavy atom. The zero-order valence-corrected chi connectivity index (χ0v) is 33.4. The fourth-order valence-corrected chi connectivity index (χ4v) is 14.0. The van der Waals surface area contributed by atoms with Crippen LogP contribution in [-0.2, 0) is 17.6 Å². The average molecular weight is 723 g/mol. The minimum absolute atomic E-state index is 0.0500. The van der Waals surface area contributed by atoms with E-state index in [2.05, 4.69) is 58.8 Å². The van der Waals surface area contributed by atoms with Gasteiger partial charge in [-0.15, -0.1) is 0 Å². The molecule has 0 saturated heterocycles. The number of phenols is 1. The number of allylic oxidation sites excluding steroid dienone is 1. The monoisotopic (exact) mass is 723 g/mol. The highest BCUT2D eigenvalue weighted by Crippen LogP contribution is 2.77. The SMILES string of the molecule is C=C(C)[C@@H]1CC[C@]2(C(=O)NCCc3cccc(C(=O)NCCc4ccc(O)cc4)c3)CC[C@]3(C)C(CCC4[C@@]5(C)CC[C@H](O)C(C)(C)C5CC[C@]43C)C12. The van der Waals surface area contributed by atoms with Crippen LogP contribution in [0.3, 0.4) is 0 Å². The molecule has 288 valence electrons. The summed E-state index contributed by atoms with van der Waals surface area (Å²) in [7, 11) is 0. The molecule has 53 heavy (non-hydrogen) atoms. The van der Waals surface area contributed by atoms with Gasteiger partial charge in [0.25, 0.3) is 5.91 Å². The maximum absolute atomic E-state index is 14.6. The van der Waals surface area contributed by atoms with Crippen molar-refractivity contribution in [2.75, 3.05) is 13.1 Å². The lowest BCUT2D eigenvalue weighted by molar-refractivity contribution is -0.246. The van der Waals surface area contributed by atoms with Crippen molar-refractivity contribution in [2.24, 2.45) is 56.7 Å². The third kappa shape index (κ3) is 6.18. The molecule has 6 nitrogen and oxygen atoms in total. The third-order valence-corrected chi connectivity index (χ3v) is 17.0. The molecular weight excluding hydrogens is 657 g/mol. The van der Waals surface area contributed by atoms with E-state index in [1.807, 2.05) is 36.4 Å². The largest absolute Gasteiger partial charge is 0.508 e. The maximum Gasteiger partial charge on any atom is 0.251 e. The van der Waals surface area contributed by atoms with Gasteiger partial charge in [-0.3, -0.25) is 9.59 Å². The Kier molecular flexibility index (Phi) is 9.99. The number of fused-ring (bicyclic) bond motifs is 7. The van der Waals surface area contributed by atoms with Crippen molar-refractivity contribution >= 4 is 11.8 Å². The van der Waals surface area contributed by atoms with Gasteiger partial charge in [0.2, 0.25) is 5.91 Å². The molecule has 5 aliphatic rings. The van der Waals surface area contributed by atoms with E-state index in [1.54, 1.807) is 12.1 Å². The summed E-state index contributed by atoms with van der Waals surface area (Å²) in [4.78, 5) is 27.6. The summed E-state index contributed by atoms with van der Waals surface area (Å²) in [6.45, 7) is 20.3. The van der Waals surface area contributed by atoms with Gasteiger partial charge in [0.15, 0.2) is 0 Å². The number of benzene rings is 2. The van der Waals surface area contributed by atoms with Gasteiger partial charge in [0.1, 0.15) is 5.75 Å². The summed E-state index contributed by atoms with van der Waals surface area (Å²) in [6, 6.07) is 14.8. The highest BCUT2D eigenvalue weighted by atomic mass is 16.3. The predicted octanol–water partition coefficient (Wildman–Crippen LogP) is 9.04. The number of amides is 2. The second-order valence-corrected chi connectivity index (χ2v) is 19.6. The zero-order valence-electron chi connectivity index (χ0n) is 33.4. The number of aliphatic hydroxyl groups excluding tert-OH is 1. The van der Waals surface area contributed by atoms with Crippen molar-refractivity contribution in [1.29, 1.82) is 0 Å². The number of carbonyl (C=O) groups excluding carboxylic acids is 2. The molecule has 10 atom stereocenters. The number of aromatic hydroxyl groups is 1. The van der Waals surface area contributed by atoms with Crippen molar-refractivity contribution in [3.63, 3.8) is 0 Å². The number of phenolic OH excluding ortho intramolecular Hbond substituents is 1. The lowest BCUT2D eigenvalue weighted by atomic mass is 9.32. The van der Waals surface area contributed by atoms with Gasteiger partial charge in [-0.2, -0.15) is 0 Å². The van der Waals surface area contributed by atoms with Crippen LogP contribution in [0, 0.1) is 56.7 Å². The summed E-state index contributed by atoms with van der Waals surface area (Å²) in [5, 5.41) is 27.1. The second kappa shape index (κ2) is 13.9. The summed E-state index contributed by atoms with van der Waals surface area (Å²) in [5.41, 5.74) is 4.20. The standard InChI is InChI=1S/C47H66N2O4/c1-30(2)35-17-24-47(42(53)49-28-21-32-9-8-10-33(29-32)41(52)48-27-20-31-11-13-34(50)14-12-31)26-25-45(6)36(40(35)47)15-16-38-44(5)22-19-39(51)43(3,4)37(44)18-23-46(38,45)7/h8-14,29,35-40,50-51H,1,15-28H2,2-7H3,(H,48,52)(H,49,53)/t35-,36?,37?,38?,39-,40?,44-,45+,46+,47-/m0/s1. The average Bonchev–Trinajstić information content (AvgIpc) is 3.53. The second-order valence-electron chi connectivity index (χ2n) is 19.6. The highest BCUT2D eigenvalue weighted by molar-refractivity contribution is 5.94. The van der Waals surface area contributed by atoms with E-state index in [4.69, 9.17) is 0 Å². The minimum atomic E-state index is -0.353. The molecule has 0 radical (unpaired) electrons. The fraction of sp³-hybridized carbons (Fsp3) is 0.660. The molecule has 5 saturated carbocycles. The van der Waals surface area contributed by atoms with Gasteiger partial charge in [-0.25, -0.2) is 0 Å². The van der Waals surface area contributed by atoms with E-state index in [9.17, 15) is 19.8 Å². The zero-order chi connectivity index (χ0) is 38.0. The number of carbonyl (C=O) groups is 2. The Balaban J connectivity index is 1.03. The first-order valence-corrected chi connectivity index (χ1v) is 20.8. The van der Waals surface area contributed by atoms with Crippen molar-refractivity contribution in [1.82, 2.24) is 10.6 Å². The quantitative estimate of drug-likeness (QED) is 0.194. The Hall–Kier alpha value is -3.12. The Bertz CT molecular complexity index is 1720. The van der Waals surface area contributed by atoms with Gasteiger partial charge >= 0.3 is 0 Å². The first kappa shape index (κ1) is 38.2. The predicted molar refractivity (Wildman–Crippen MR) is 212 cm³/mol. The van der Waals surface area contributed by atoms with E-state index in [-0.39, 0.29) is 50.7 Å². The van der Waals surface area contributed by atoms with Crippen molar-refractivity contribution in [3.8, 4) is 5.75 Å². The topological polar surface area (TPSA) is 98.7 Å². The van der Waals surface area contributed by atoms with Crippen molar-refractivity contribution < 1.29 is 19.8 Å². The van der Waals surface area contributed by atoms with Crippen LogP contribution < -0.4 is 10.6 Å². The highest BCUT2D eigenvalue weighted by Gasteiger charge is 2.71. The smallest absolute Gasteiger partial charge is 0.251 e. The van der Waals surface area contributed by atoms with E-state index in [0.29, 0.717) is 61.1 Å². The number of nitrogens with one attached hydrogen (secondary N) is 2. The number of hydrogen-bond acceptors (Lipinski definition) is 4. The van der Waals surface area contributed by atoms with Crippen LogP contribution in [0.25, 0.3) is 0 Å². The molecule has 2 amide bonds. The number of hydrogen-bond donors (Lipinski definition) is 4. The van der Waals surface area contributed by atoms with E-state index < -0.39 is 0 Å². The number of aliphatic hydroxyl groups is 1. The molecule has 0 aliphatic heterocycles. The van der Waals surface area contributed by atoms with Crippen LogP contribution >= 0.6 is 0 Å². The van der Waals surface area contributed by atoms with Gasteiger partial charge < -0.3 is 20.8 Å². The molecular formula is C47H66N2O4. The van der Waals surface area contributed by atoms with Crippen LogP contribution in [0.1, 0.15) is 127 Å². The molecule has 0 heterocycles. The van der Waals surface area contributed by atoms with Crippen LogP contribution in [0.4, 0.5) is 0 Å². The Morgan fingerprint density at radius 3 is 2.23 bits per heavy atom. The molecule has 0 spiro atoms. The number of rotatable bonds is 9. The van der Waals surface area contributed by atoms with Gasteiger partial charge in [0, 0.05) is 18.7 Å². The minimum Gasteiger partial charge on any atom is -0.508 e. The molecule has 0 bridgehead atoms. The molecule has 7 rings (SSSR count). The third-order valence-electron chi connectivity index (χ3n) is 17.0. The molecule has 5 fully saturated rings. The Morgan fingerprint density at radius 1 is 0.774 bits per heavy atom. The molecule has 4 N–H and O–H groups in total. The van der Waals surface area contributed by atoms with Gasteiger partial charge in [-0.05, 0) is 171 Å². The van der Waals surface area contributed by atoms with Crippen LogP contribution in [0.2, 0.25) is 0 Å². The van der Waals surface area contributed by atoms with Gasteiger partial charge in [-0.1, -0.05) is 71.0 Å². The lowest BCUT2D eigenvalue weighted by Crippen LogP contribution is -2.67. The van der Waals surface area contributed by atoms with E-state index in [1.165, 1.54) is 31.3 Å². The molecule has 6 heteroatoms. The van der Waals surface area contributed by atoms with E-state index in [0.717, 1.165) is 49.7 Å².